The standard InChI is InChI=1S/C32H27ClF2N4O3/c1-17-3-2-4-27(39-12-10-20(15-29(39)41)30-23(34)7-6-22(33)31(30)35)26-14-18(9-11-36-26)21-13-19-5-8-28(40)37-24(19)16-25(21)38-32(17)42/h5-9,11,13-17,27H,2-4,10,12H2,1H3,(H,37,40)(H,38,42)/t17-,27+/m1/s1. The van der Waals surface area contributed by atoms with Crippen LogP contribution in [0.1, 0.15) is 49.9 Å². The van der Waals surface area contributed by atoms with Crippen LogP contribution in [0.2, 0.25) is 5.02 Å². The highest BCUT2D eigenvalue weighted by Crippen LogP contribution is 2.38. The minimum Gasteiger partial charge on any atom is -0.330 e. The second-order valence-electron chi connectivity index (χ2n) is 10.8. The summed E-state index contributed by atoms with van der Waals surface area (Å²) in [5, 5.41) is 3.62. The maximum Gasteiger partial charge on any atom is 0.248 e. The molecule has 4 aromatic rings. The Labute approximate surface area is 245 Å². The van der Waals surface area contributed by atoms with Crippen molar-refractivity contribution in [2.24, 2.45) is 5.92 Å². The smallest absolute Gasteiger partial charge is 0.248 e. The largest absolute Gasteiger partial charge is 0.330 e. The number of fused-ring (bicyclic) bond motifs is 5. The number of aromatic amines is 1. The molecule has 0 saturated heterocycles. The lowest BCUT2D eigenvalue weighted by atomic mass is 9.92. The molecule has 2 aromatic carbocycles. The molecule has 0 aliphatic carbocycles. The van der Waals surface area contributed by atoms with Crippen LogP contribution in [0.25, 0.3) is 27.6 Å². The number of nitrogens with one attached hydrogen (secondary N) is 2. The summed E-state index contributed by atoms with van der Waals surface area (Å²) in [5.74, 6) is -2.49. The van der Waals surface area contributed by atoms with Crippen molar-refractivity contribution in [1.29, 1.82) is 0 Å². The predicted molar refractivity (Wildman–Crippen MR) is 158 cm³/mol. The van der Waals surface area contributed by atoms with Gasteiger partial charge in [0, 0.05) is 36.4 Å². The highest BCUT2D eigenvalue weighted by Gasteiger charge is 2.31. The topological polar surface area (TPSA) is 95.2 Å². The molecule has 2 bridgehead atoms. The van der Waals surface area contributed by atoms with E-state index in [9.17, 15) is 23.2 Å². The van der Waals surface area contributed by atoms with E-state index in [1.165, 1.54) is 12.1 Å². The number of aromatic nitrogens is 2. The zero-order chi connectivity index (χ0) is 29.5. The lowest BCUT2D eigenvalue weighted by molar-refractivity contribution is -0.129. The van der Waals surface area contributed by atoms with Crippen molar-refractivity contribution in [2.45, 2.75) is 38.6 Å². The number of benzene rings is 2. The maximum atomic E-state index is 14.7. The van der Waals surface area contributed by atoms with E-state index in [1.807, 2.05) is 25.1 Å². The van der Waals surface area contributed by atoms with Gasteiger partial charge in [-0.05, 0) is 78.2 Å². The van der Waals surface area contributed by atoms with Gasteiger partial charge in [-0.15, -0.1) is 0 Å². The molecule has 0 fully saturated rings. The fraction of sp³-hybridized carbons (Fsp3) is 0.250. The Morgan fingerprint density at radius 1 is 1.02 bits per heavy atom. The van der Waals surface area contributed by atoms with Gasteiger partial charge in [0.1, 0.15) is 5.82 Å². The molecule has 2 aromatic heterocycles. The summed E-state index contributed by atoms with van der Waals surface area (Å²) in [4.78, 5) is 47.7. The number of nitrogens with zero attached hydrogens (tertiary/aromatic N) is 2. The average molecular weight is 589 g/mol. The van der Waals surface area contributed by atoms with Gasteiger partial charge >= 0.3 is 0 Å². The van der Waals surface area contributed by atoms with Crippen LogP contribution in [0.4, 0.5) is 14.5 Å². The normalized spacial score (nSPS) is 19.4. The number of rotatable bonds is 2. The quantitative estimate of drug-likeness (QED) is 0.257. The second kappa shape index (κ2) is 11.1. The Bertz CT molecular complexity index is 1840. The number of amides is 2. The van der Waals surface area contributed by atoms with Crippen LogP contribution < -0.4 is 10.9 Å². The molecule has 2 aliphatic heterocycles. The Morgan fingerprint density at radius 2 is 1.86 bits per heavy atom. The third kappa shape index (κ3) is 5.20. The molecule has 2 amide bonds. The first-order valence-electron chi connectivity index (χ1n) is 13.8. The molecule has 0 spiro atoms. The maximum absolute atomic E-state index is 14.7. The summed E-state index contributed by atoms with van der Waals surface area (Å²) in [7, 11) is 0. The van der Waals surface area contributed by atoms with E-state index in [2.05, 4.69) is 15.3 Å². The molecule has 0 radical (unpaired) electrons. The molecular formula is C32H27ClF2N4O3. The summed E-state index contributed by atoms with van der Waals surface area (Å²) in [5.41, 5.74) is 3.10. The first-order chi connectivity index (χ1) is 20.2. The van der Waals surface area contributed by atoms with Crippen LogP contribution in [0.5, 0.6) is 0 Å². The average Bonchev–Trinajstić information content (AvgIpc) is 2.97. The summed E-state index contributed by atoms with van der Waals surface area (Å²) in [6, 6.07) is 12.4. The van der Waals surface area contributed by atoms with Crippen molar-refractivity contribution < 1.29 is 18.4 Å². The highest BCUT2D eigenvalue weighted by molar-refractivity contribution is 6.31. The number of H-pyrrole nitrogens is 1. The van der Waals surface area contributed by atoms with Crippen LogP contribution in [-0.4, -0.2) is 33.2 Å². The molecule has 7 nitrogen and oxygen atoms in total. The summed E-state index contributed by atoms with van der Waals surface area (Å²) in [6.45, 7) is 2.09. The molecule has 10 heteroatoms. The Hall–Kier alpha value is -4.37. The van der Waals surface area contributed by atoms with Crippen molar-refractivity contribution in [3.05, 3.63) is 99.1 Å². The molecule has 42 heavy (non-hydrogen) atoms. The number of hydrogen-bond acceptors (Lipinski definition) is 4. The SMILES string of the molecule is C[C@@H]1CCC[C@H](N2CCC(c3c(F)ccc(Cl)c3F)=CC2=O)c2cc(ccn2)-c2cc3ccc(=O)[nH]c3cc2NC1=O. The number of carbonyl (C=O) groups excluding carboxylic acids is 2. The van der Waals surface area contributed by atoms with E-state index in [0.29, 0.717) is 36.2 Å². The zero-order valence-corrected chi connectivity index (χ0v) is 23.5. The third-order valence-corrected chi connectivity index (χ3v) is 8.35. The van der Waals surface area contributed by atoms with Crippen LogP contribution in [0.15, 0.2) is 65.6 Å². The number of halogens is 3. The monoisotopic (exact) mass is 588 g/mol. The van der Waals surface area contributed by atoms with Gasteiger partial charge in [0.2, 0.25) is 17.4 Å². The van der Waals surface area contributed by atoms with Crippen LogP contribution >= 0.6 is 11.6 Å². The highest BCUT2D eigenvalue weighted by atomic mass is 35.5. The van der Waals surface area contributed by atoms with Crippen LogP contribution in [0.3, 0.4) is 0 Å². The van der Waals surface area contributed by atoms with E-state index in [0.717, 1.165) is 28.6 Å². The van der Waals surface area contributed by atoms with Crippen molar-refractivity contribution in [3.8, 4) is 11.1 Å². The van der Waals surface area contributed by atoms with Gasteiger partial charge in [-0.1, -0.05) is 24.9 Å². The van der Waals surface area contributed by atoms with Gasteiger partial charge in [-0.3, -0.25) is 19.4 Å². The first kappa shape index (κ1) is 27.8. The van der Waals surface area contributed by atoms with Crippen LogP contribution in [-0.2, 0) is 9.59 Å². The zero-order valence-electron chi connectivity index (χ0n) is 22.7. The first-order valence-corrected chi connectivity index (χ1v) is 14.2. The molecule has 6 rings (SSSR count). The van der Waals surface area contributed by atoms with Crippen molar-refractivity contribution in [1.82, 2.24) is 14.9 Å². The summed E-state index contributed by atoms with van der Waals surface area (Å²) >= 11 is 5.90. The third-order valence-electron chi connectivity index (χ3n) is 8.06. The predicted octanol–water partition coefficient (Wildman–Crippen LogP) is 6.64. The van der Waals surface area contributed by atoms with E-state index < -0.39 is 17.7 Å². The lowest BCUT2D eigenvalue weighted by Crippen LogP contribution is -2.38. The van der Waals surface area contributed by atoms with Gasteiger partial charge in [-0.25, -0.2) is 8.78 Å². The number of pyridine rings is 2. The number of carbonyl (C=O) groups is 2. The van der Waals surface area contributed by atoms with Gasteiger partial charge in [-0.2, -0.15) is 0 Å². The fourth-order valence-corrected chi connectivity index (χ4v) is 5.95. The molecule has 214 valence electrons. The Kier molecular flexibility index (Phi) is 7.36. The lowest BCUT2D eigenvalue weighted by Gasteiger charge is -2.34. The number of anilines is 1. The summed E-state index contributed by atoms with van der Waals surface area (Å²) < 4.78 is 29.3. The molecule has 2 N–H and O–H groups in total. The fourth-order valence-electron chi connectivity index (χ4n) is 5.79. The van der Waals surface area contributed by atoms with Crippen molar-refractivity contribution in [3.63, 3.8) is 0 Å². The van der Waals surface area contributed by atoms with E-state index in [4.69, 9.17) is 11.6 Å². The van der Waals surface area contributed by atoms with E-state index in [1.54, 1.807) is 23.2 Å². The molecule has 0 saturated carbocycles. The van der Waals surface area contributed by atoms with Gasteiger partial charge in [0.25, 0.3) is 0 Å². The minimum absolute atomic E-state index is 0.146. The van der Waals surface area contributed by atoms with Crippen molar-refractivity contribution in [2.75, 3.05) is 11.9 Å². The Morgan fingerprint density at radius 3 is 2.67 bits per heavy atom. The molecule has 2 atom stereocenters. The molecule has 0 unspecified atom stereocenters. The van der Waals surface area contributed by atoms with Crippen LogP contribution in [0, 0.1) is 17.6 Å². The van der Waals surface area contributed by atoms with Gasteiger partial charge < -0.3 is 15.2 Å². The molecule has 4 heterocycles. The summed E-state index contributed by atoms with van der Waals surface area (Å²) in [6.07, 6.45) is 4.95. The van der Waals surface area contributed by atoms with Gasteiger partial charge in [0.15, 0.2) is 5.82 Å². The number of hydrogen-bond donors (Lipinski definition) is 2. The van der Waals surface area contributed by atoms with E-state index in [-0.39, 0.29) is 52.4 Å². The second-order valence-corrected chi connectivity index (χ2v) is 11.2. The molecular weight excluding hydrogens is 562 g/mol. The van der Waals surface area contributed by atoms with Gasteiger partial charge in [0.05, 0.1) is 33.5 Å². The molecule has 2 aliphatic rings. The minimum atomic E-state index is -0.882. The van der Waals surface area contributed by atoms with E-state index >= 15 is 0 Å². The van der Waals surface area contributed by atoms with Crippen molar-refractivity contribution >= 4 is 45.6 Å². The Balaban J connectivity index is 1.42.